The SMILES string of the molecule is OC(CCl)C(O)c1ncc(Cl)cc1F. The Morgan fingerprint density at radius 3 is 2.64 bits per heavy atom. The van der Waals surface area contributed by atoms with E-state index in [9.17, 15) is 9.50 Å². The maximum atomic E-state index is 13.1. The van der Waals surface area contributed by atoms with Gasteiger partial charge in [0.15, 0.2) is 0 Å². The lowest BCUT2D eigenvalue weighted by Crippen LogP contribution is -2.21. The molecule has 0 radical (unpaired) electrons. The van der Waals surface area contributed by atoms with Gasteiger partial charge >= 0.3 is 0 Å². The minimum absolute atomic E-state index is 0.124. The van der Waals surface area contributed by atoms with E-state index in [1.54, 1.807) is 0 Å². The molecule has 0 fully saturated rings. The van der Waals surface area contributed by atoms with Crippen molar-refractivity contribution in [2.75, 3.05) is 5.88 Å². The molecule has 2 N–H and O–H groups in total. The maximum absolute atomic E-state index is 13.1. The van der Waals surface area contributed by atoms with Gasteiger partial charge in [0.1, 0.15) is 17.6 Å². The van der Waals surface area contributed by atoms with Gasteiger partial charge in [-0.1, -0.05) is 11.6 Å². The zero-order valence-corrected chi connectivity index (χ0v) is 8.50. The first-order valence-electron chi connectivity index (χ1n) is 3.79. The number of aliphatic hydroxyl groups excluding tert-OH is 2. The molecule has 0 aromatic carbocycles. The predicted molar refractivity (Wildman–Crippen MR) is 50.9 cm³/mol. The third-order valence-electron chi connectivity index (χ3n) is 1.64. The second kappa shape index (κ2) is 4.89. The molecule has 1 heterocycles. The highest BCUT2D eigenvalue weighted by atomic mass is 35.5. The van der Waals surface area contributed by atoms with Crippen molar-refractivity contribution in [3.8, 4) is 0 Å². The van der Waals surface area contributed by atoms with Crippen molar-refractivity contribution in [3.05, 3.63) is 28.8 Å². The Labute approximate surface area is 90.1 Å². The lowest BCUT2D eigenvalue weighted by atomic mass is 10.1. The number of rotatable bonds is 3. The van der Waals surface area contributed by atoms with E-state index in [4.69, 9.17) is 28.3 Å². The molecule has 2 atom stereocenters. The van der Waals surface area contributed by atoms with Gasteiger partial charge in [-0.25, -0.2) is 4.39 Å². The summed E-state index contributed by atoms with van der Waals surface area (Å²) < 4.78 is 13.1. The molecule has 3 nitrogen and oxygen atoms in total. The molecule has 14 heavy (non-hydrogen) atoms. The summed E-state index contributed by atoms with van der Waals surface area (Å²) in [6, 6.07) is 1.01. The summed E-state index contributed by atoms with van der Waals surface area (Å²) >= 11 is 10.8. The van der Waals surface area contributed by atoms with Gasteiger partial charge in [0.2, 0.25) is 0 Å². The highest BCUT2D eigenvalue weighted by molar-refractivity contribution is 6.30. The lowest BCUT2D eigenvalue weighted by Gasteiger charge is -2.15. The fourth-order valence-corrected chi connectivity index (χ4v) is 1.22. The van der Waals surface area contributed by atoms with Crippen LogP contribution in [0.2, 0.25) is 5.02 Å². The van der Waals surface area contributed by atoms with E-state index in [0.29, 0.717) is 0 Å². The fourth-order valence-electron chi connectivity index (χ4n) is 0.909. The minimum atomic E-state index is -1.44. The fraction of sp³-hybridized carbons (Fsp3) is 0.375. The molecule has 0 bridgehead atoms. The van der Waals surface area contributed by atoms with Gasteiger partial charge in [-0.2, -0.15) is 0 Å². The van der Waals surface area contributed by atoms with E-state index in [2.05, 4.69) is 4.98 Å². The van der Waals surface area contributed by atoms with E-state index in [0.717, 1.165) is 6.07 Å². The van der Waals surface area contributed by atoms with Crippen LogP contribution in [0.3, 0.4) is 0 Å². The summed E-state index contributed by atoms with van der Waals surface area (Å²) in [4.78, 5) is 3.57. The van der Waals surface area contributed by atoms with Crippen molar-refractivity contribution in [1.82, 2.24) is 4.98 Å². The number of hydrogen-bond acceptors (Lipinski definition) is 3. The summed E-state index contributed by atoms with van der Waals surface area (Å²) in [5, 5.41) is 18.7. The summed E-state index contributed by atoms with van der Waals surface area (Å²) in [7, 11) is 0. The van der Waals surface area contributed by atoms with E-state index < -0.39 is 18.0 Å². The van der Waals surface area contributed by atoms with E-state index in [1.807, 2.05) is 0 Å². The molecule has 0 spiro atoms. The van der Waals surface area contributed by atoms with Crippen LogP contribution in [-0.2, 0) is 0 Å². The molecule has 0 aliphatic heterocycles. The second-order valence-corrected chi connectivity index (χ2v) is 3.43. The summed E-state index contributed by atoms with van der Waals surface area (Å²) in [5.74, 6) is -0.973. The number of aliphatic hydroxyl groups is 2. The smallest absolute Gasteiger partial charge is 0.148 e. The maximum Gasteiger partial charge on any atom is 0.148 e. The van der Waals surface area contributed by atoms with Gasteiger partial charge in [-0.15, -0.1) is 11.6 Å². The zero-order valence-electron chi connectivity index (χ0n) is 6.99. The molecule has 0 saturated heterocycles. The third-order valence-corrected chi connectivity index (χ3v) is 2.16. The van der Waals surface area contributed by atoms with Gasteiger partial charge < -0.3 is 10.2 Å². The monoisotopic (exact) mass is 239 g/mol. The number of nitrogens with zero attached hydrogens (tertiary/aromatic N) is 1. The second-order valence-electron chi connectivity index (χ2n) is 2.69. The Kier molecular flexibility index (Phi) is 4.07. The topological polar surface area (TPSA) is 53.4 Å². The predicted octanol–water partition coefficient (Wildman–Crippen LogP) is 1.51. The number of hydrogen-bond donors (Lipinski definition) is 2. The molecular formula is C8H8Cl2FNO2. The number of aromatic nitrogens is 1. The van der Waals surface area contributed by atoms with Gasteiger partial charge in [-0.05, 0) is 6.07 Å². The van der Waals surface area contributed by atoms with Gasteiger partial charge in [0.05, 0.1) is 17.0 Å². The third kappa shape index (κ3) is 2.54. The molecule has 1 rings (SSSR count). The van der Waals surface area contributed by atoms with E-state index in [1.165, 1.54) is 6.20 Å². The van der Waals surface area contributed by atoms with Crippen LogP contribution in [0.5, 0.6) is 0 Å². The molecule has 1 aromatic rings. The lowest BCUT2D eigenvalue weighted by molar-refractivity contribution is 0.0275. The minimum Gasteiger partial charge on any atom is -0.389 e. The Morgan fingerprint density at radius 2 is 2.14 bits per heavy atom. The first kappa shape index (κ1) is 11.7. The van der Waals surface area contributed by atoms with Gasteiger partial charge in [0, 0.05) is 6.20 Å². The Morgan fingerprint density at radius 1 is 1.50 bits per heavy atom. The standard InChI is InChI=1S/C8H8Cl2FNO2/c9-2-6(13)8(14)7-5(11)1-4(10)3-12-7/h1,3,6,8,13-14H,2H2. The molecule has 0 aliphatic carbocycles. The number of alkyl halides is 1. The number of halogens is 3. The van der Waals surface area contributed by atoms with Crippen molar-refractivity contribution in [2.45, 2.75) is 12.2 Å². The normalized spacial score (nSPS) is 15.2. The Balaban J connectivity index is 2.95. The van der Waals surface area contributed by atoms with Crippen LogP contribution in [0.4, 0.5) is 4.39 Å². The van der Waals surface area contributed by atoms with Crippen LogP contribution in [0, 0.1) is 5.82 Å². The van der Waals surface area contributed by atoms with Crippen LogP contribution in [0.1, 0.15) is 11.8 Å². The van der Waals surface area contributed by atoms with Crippen LogP contribution in [-0.4, -0.2) is 27.2 Å². The van der Waals surface area contributed by atoms with Gasteiger partial charge in [-0.3, -0.25) is 4.98 Å². The number of pyridine rings is 1. The molecule has 78 valence electrons. The summed E-state index contributed by atoms with van der Waals surface area (Å²) in [5.41, 5.74) is -0.262. The largest absolute Gasteiger partial charge is 0.389 e. The van der Waals surface area contributed by atoms with Gasteiger partial charge in [0.25, 0.3) is 0 Å². The summed E-state index contributed by atoms with van der Waals surface area (Å²) in [6.45, 7) is 0. The quantitative estimate of drug-likeness (QED) is 0.787. The van der Waals surface area contributed by atoms with E-state index >= 15 is 0 Å². The average molecular weight is 240 g/mol. The molecule has 6 heteroatoms. The van der Waals surface area contributed by atoms with Crippen LogP contribution >= 0.6 is 23.2 Å². The first-order chi connectivity index (χ1) is 6.56. The molecule has 0 aliphatic rings. The first-order valence-corrected chi connectivity index (χ1v) is 4.70. The van der Waals surface area contributed by atoms with Crippen LogP contribution in [0.25, 0.3) is 0 Å². The van der Waals surface area contributed by atoms with Crippen LogP contribution in [0.15, 0.2) is 12.3 Å². The van der Waals surface area contributed by atoms with Crippen LogP contribution < -0.4 is 0 Å². The molecule has 2 unspecified atom stereocenters. The Bertz CT molecular complexity index is 324. The van der Waals surface area contributed by atoms with Crippen molar-refractivity contribution >= 4 is 23.2 Å². The highest BCUT2D eigenvalue weighted by Gasteiger charge is 2.22. The van der Waals surface area contributed by atoms with Crippen molar-refractivity contribution in [2.24, 2.45) is 0 Å². The van der Waals surface area contributed by atoms with Crippen molar-refractivity contribution < 1.29 is 14.6 Å². The summed E-state index contributed by atoms with van der Waals surface area (Å²) in [6.07, 6.45) is -1.51. The van der Waals surface area contributed by atoms with E-state index in [-0.39, 0.29) is 16.6 Å². The van der Waals surface area contributed by atoms with Crippen molar-refractivity contribution in [3.63, 3.8) is 0 Å². The molecular weight excluding hydrogens is 232 g/mol. The molecule has 0 amide bonds. The highest BCUT2D eigenvalue weighted by Crippen LogP contribution is 2.20. The zero-order chi connectivity index (χ0) is 10.7. The molecule has 0 saturated carbocycles. The Hall–Kier alpha value is -0.420. The average Bonchev–Trinajstić information content (AvgIpc) is 2.15. The molecule has 1 aromatic heterocycles. The van der Waals surface area contributed by atoms with Crippen molar-refractivity contribution in [1.29, 1.82) is 0 Å².